The predicted octanol–water partition coefficient (Wildman–Crippen LogP) is 1.23. The summed E-state index contributed by atoms with van der Waals surface area (Å²) in [6, 6.07) is 5.60. The second-order valence-electron chi connectivity index (χ2n) is 6.29. The fourth-order valence-corrected chi connectivity index (χ4v) is 4.42. The summed E-state index contributed by atoms with van der Waals surface area (Å²) in [6.07, 6.45) is -0.147. The molecule has 7 nitrogen and oxygen atoms in total. The first-order valence-electron chi connectivity index (χ1n) is 8.40. The average molecular weight is 372 g/mol. The third kappa shape index (κ3) is 5.85. The van der Waals surface area contributed by atoms with Crippen molar-refractivity contribution in [3.63, 3.8) is 0 Å². The van der Waals surface area contributed by atoms with Crippen LogP contribution >= 0.6 is 0 Å². The van der Waals surface area contributed by atoms with Gasteiger partial charge >= 0.3 is 0 Å². The summed E-state index contributed by atoms with van der Waals surface area (Å²) in [5.74, 6) is 1.48. The number of hydrogen-bond acceptors (Lipinski definition) is 6. The number of methoxy groups -OCH3 is 2. The summed E-state index contributed by atoms with van der Waals surface area (Å²) in [7, 11) is -0.0876. The van der Waals surface area contributed by atoms with Crippen molar-refractivity contribution in [1.29, 1.82) is 0 Å². The van der Waals surface area contributed by atoms with E-state index in [1.165, 1.54) is 4.31 Å². The first-order chi connectivity index (χ1) is 11.8. The molecule has 8 heteroatoms. The van der Waals surface area contributed by atoms with Gasteiger partial charge in [0.25, 0.3) is 0 Å². The Kier molecular flexibility index (Phi) is 7.06. The Morgan fingerprint density at radius 3 is 2.20 bits per heavy atom. The van der Waals surface area contributed by atoms with Crippen molar-refractivity contribution in [2.45, 2.75) is 32.6 Å². The third-order valence-corrected chi connectivity index (χ3v) is 5.86. The van der Waals surface area contributed by atoms with Gasteiger partial charge in [-0.05, 0) is 31.5 Å². The first kappa shape index (κ1) is 20.0. The second-order valence-corrected chi connectivity index (χ2v) is 8.38. The largest absolute Gasteiger partial charge is 0.497 e. The van der Waals surface area contributed by atoms with E-state index in [1.54, 1.807) is 20.3 Å². The number of benzene rings is 1. The van der Waals surface area contributed by atoms with Crippen LogP contribution < -0.4 is 14.8 Å². The minimum Gasteiger partial charge on any atom is -0.497 e. The molecule has 0 radical (unpaired) electrons. The normalized spacial score (nSPS) is 21.9. The van der Waals surface area contributed by atoms with Gasteiger partial charge < -0.3 is 19.5 Å². The Balaban J connectivity index is 1.86. The third-order valence-electron chi connectivity index (χ3n) is 4.06. The van der Waals surface area contributed by atoms with Crippen LogP contribution in [0.2, 0.25) is 0 Å². The van der Waals surface area contributed by atoms with Crippen LogP contribution in [0.5, 0.6) is 11.5 Å². The molecule has 1 aliphatic rings. The maximum absolute atomic E-state index is 12.5. The SMILES string of the molecule is COc1cc(CNCCS(=O)(=O)N2CC(C)OC(C)C2)cc(OC)c1. The van der Waals surface area contributed by atoms with Gasteiger partial charge in [-0.25, -0.2) is 8.42 Å². The molecule has 142 valence electrons. The molecule has 0 amide bonds. The van der Waals surface area contributed by atoms with Gasteiger partial charge in [-0.2, -0.15) is 4.31 Å². The predicted molar refractivity (Wildman–Crippen MR) is 96.6 cm³/mol. The molecule has 25 heavy (non-hydrogen) atoms. The fourth-order valence-electron chi connectivity index (χ4n) is 2.89. The fraction of sp³-hybridized carbons (Fsp3) is 0.647. The van der Waals surface area contributed by atoms with E-state index in [2.05, 4.69) is 5.32 Å². The van der Waals surface area contributed by atoms with Crippen molar-refractivity contribution in [2.75, 3.05) is 39.6 Å². The molecular weight excluding hydrogens is 344 g/mol. The number of ether oxygens (including phenoxy) is 3. The molecular formula is C17H28N2O5S. The molecule has 2 rings (SSSR count). The highest BCUT2D eigenvalue weighted by Gasteiger charge is 2.30. The molecule has 1 aliphatic heterocycles. The number of nitrogens with one attached hydrogen (secondary N) is 1. The highest BCUT2D eigenvalue weighted by molar-refractivity contribution is 7.89. The number of sulfonamides is 1. The maximum atomic E-state index is 12.5. The molecule has 0 spiro atoms. The molecule has 0 bridgehead atoms. The topological polar surface area (TPSA) is 77.1 Å². The number of rotatable bonds is 8. The van der Waals surface area contributed by atoms with Crippen molar-refractivity contribution in [1.82, 2.24) is 9.62 Å². The lowest BCUT2D eigenvalue weighted by molar-refractivity contribution is -0.0440. The monoisotopic (exact) mass is 372 g/mol. The van der Waals surface area contributed by atoms with Crippen LogP contribution in [0.15, 0.2) is 18.2 Å². The lowest BCUT2D eigenvalue weighted by atomic mass is 10.2. The summed E-state index contributed by atoms with van der Waals surface area (Å²) < 4.78 is 42.6. The minimum atomic E-state index is -3.29. The molecule has 1 aromatic carbocycles. The van der Waals surface area contributed by atoms with E-state index in [0.29, 0.717) is 37.7 Å². The van der Waals surface area contributed by atoms with Gasteiger partial charge in [-0.1, -0.05) is 0 Å². The van der Waals surface area contributed by atoms with Crippen molar-refractivity contribution < 1.29 is 22.6 Å². The Hall–Kier alpha value is -1.35. The highest BCUT2D eigenvalue weighted by Crippen LogP contribution is 2.22. The lowest BCUT2D eigenvalue weighted by Crippen LogP contribution is -2.49. The number of morpholine rings is 1. The van der Waals surface area contributed by atoms with Crippen LogP contribution in [-0.2, 0) is 21.3 Å². The molecule has 1 fully saturated rings. The van der Waals surface area contributed by atoms with Crippen LogP contribution in [-0.4, -0.2) is 64.5 Å². The zero-order valence-electron chi connectivity index (χ0n) is 15.3. The van der Waals surface area contributed by atoms with Crippen LogP contribution in [0.3, 0.4) is 0 Å². The van der Waals surface area contributed by atoms with Gasteiger partial charge in [-0.15, -0.1) is 0 Å². The first-order valence-corrected chi connectivity index (χ1v) is 10.0. The van der Waals surface area contributed by atoms with E-state index in [9.17, 15) is 8.42 Å². The number of nitrogens with zero attached hydrogens (tertiary/aromatic N) is 1. The molecule has 1 heterocycles. The second kappa shape index (κ2) is 8.84. The van der Waals surface area contributed by atoms with Gasteiger partial charge in [0.2, 0.25) is 10.0 Å². The Bertz CT molecular complexity index is 633. The summed E-state index contributed by atoms with van der Waals surface area (Å²) in [4.78, 5) is 0. The van der Waals surface area contributed by atoms with Crippen molar-refractivity contribution in [3.05, 3.63) is 23.8 Å². The smallest absolute Gasteiger partial charge is 0.215 e. The summed E-state index contributed by atoms with van der Waals surface area (Å²) in [5.41, 5.74) is 0.974. The molecule has 2 unspecified atom stereocenters. The highest BCUT2D eigenvalue weighted by atomic mass is 32.2. The van der Waals surface area contributed by atoms with E-state index in [4.69, 9.17) is 14.2 Å². The van der Waals surface area contributed by atoms with E-state index in [-0.39, 0.29) is 18.0 Å². The van der Waals surface area contributed by atoms with E-state index in [0.717, 1.165) is 5.56 Å². The Labute approximate surface area is 150 Å². The Morgan fingerprint density at radius 1 is 1.12 bits per heavy atom. The van der Waals surface area contributed by atoms with Gasteiger partial charge in [0.15, 0.2) is 0 Å². The quantitative estimate of drug-likeness (QED) is 0.692. The Morgan fingerprint density at radius 2 is 1.68 bits per heavy atom. The van der Waals surface area contributed by atoms with E-state index < -0.39 is 10.0 Å². The van der Waals surface area contributed by atoms with Crippen molar-refractivity contribution in [3.8, 4) is 11.5 Å². The molecule has 0 aromatic heterocycles. The van der Waals surface area contributed by atoms with Gasteiger partial charge in [0.05, 0.1) is 32.2 Å². The molecule has 0 aliphatic carbocycles. The van der Waals surface area contributed by atoms with Crippen LogP contribution in [0.4, 0.5) is 0 Å². The summed E-state index contributed by atoms with van der Waals surface area (Å²) >= 11 is 0. The maximum Gasteiger partial charge on any atom is 0.215 e. The minimum absolute atomic E-state index is 0.0630. The molecule has 1 N–H and O–H groups in total. The van der Waals surface area contributed by atoms with E-state index in [1.807, 2.05) is 26.0 Å². The van der Waals surface area contributed by atoms with Crippen molar-refractivity contribution >= 4 is 10.0 Å². The van der Waals surface area contributed by atoms with Crippen LogP contribution in [0.1, 0.15) is 19.4 Å². The van der Waals surface area contributed by atoms with Gasteiger partial charge in [0, 0.05) is 32.2 Å². The van der Waals surface area contributed by atoms with Crippen LogP contribution in [0.25, 0.3) is 0 Å². The molecule has 0 saturated carbocycles. The zero-order valence-corrected chi connectivity index (χ0v) is 16.1. The van der Waals surface area contributed by atoms with Gasteiger partial charge in [-0.3, -0.25) is 0 Å². The molecule has 1 saturated heterocycles. The number of hydrogen-bond donors (Lipinski definition) is 1. The summed E-state index contributed by atoms with van der Waals surface area (Å²) in [5, 5.41) is 3.17. The summed E-state index contributed by atoms with van der Waals surface area (Å²) in [6.45, 7) is 5.54. The van der Waals surface area contributed by atoms with Gasteiger partial charge in [0.1, 0.15) is 11.5 Å². The molecule has 2 atom stereocenters. The van der Waals surface area contributed by atoms with E-state index >= 15 is 0 Å². The lowest BCUT2D eigenvalue weighted by Gasteiger charge is -2.34. The van der Waals surface area contributed by atoms with Crippen molar-refractivity contribution in [2.24, 2.45) is 0 Å². The zero-order chi connectivity index (χ0) is 18.4. The average Bonchev–Trinajstić information content (AvgIpc) is 2.57. The molecule has 1 aromatic rings. The standard InChI is InChI=1S/C17H28N2O5S/c1-13-11-19(12-14(2)24-13)25(20,21)6-5-18-10-15-7-16(22-3)9-17(8-15)23-4/h7-9,13-14,18H,5-6,10-12H2,1-4H3. The van der Waals surface area contributed by atoms with Crippen LogP contribution in [0, 0.1) is 0 Å².